The summed E-state index contributed by atoms with van der Waals surface area (Å²) >= 11 is 2.22. The van der Waals surface area contributed by atoms with Crippen LogP contribution in [0.2, 0.25) is 0 Å². The molecule has 6 heteroatoms. The predicted molar refractivity (Wildman–Crippen MR) is 93.6 cm³/mol. The number of likely N-dealkylation sites (tertiary alicyclic amines) is 1. The Morgan fingerprint density at radius 2 is 2.09 bits per heavy atom. The topological polar surface area (TPSA) is 58.6 Å². The van der Waals surface area contributed by atoms with E-state index in [4.69, 9.17) is 4.74 Å². The van der Waals surface area contributed by atoms with Crippen LogP contribution >= 0.6 is 22.6 Å². The van der Waals surface area contributed by atoms with Gasteiger partial charge in [-0.3, -0.25) is 14.5 Å². The van der Waals surface area contributed by atoms with Crippen LogP contribution in [-0.2, 0) is 14.3 Å². The average molecular weight is 416 g/mol. The number of anilines is 1. The fourth-order valence-electron chi connectivity index (χ4n) is 2.59. The molecule has 0 aromatic heterocycles. The normalized spacial score (nSPS) is 18.7. The largest absolute Gasteiger partial charge is 0.466 e. The van der Waals surface area contributed by atoms with Gasteiger partial charge in [-0.2, -0.15) is 0 Å². The molecule has 0 saturated carbocycles. The number of nitrogens with one attached hydrogen (secondary N) is 1. The van der Waals surface area contributed by atoms with Crippen molar-refractivity contribution >= 4 is 40.2 Å². The quantitative estimate of drug-likeness (QED) is 0.592. The highest BCUT2D eigenvalue weighted by Crippen LogP contribution is 2.18. The van der Waals surface area contributed by atoms with Gasteiger partial charge in [-0.15, -0.1) is 0 Å². The first-order valence-corrected chi connectivity index (χ1v) is 8.60. The van der Waals surface area contributed by atoms with Crippen molar-refractivity contribution in [2.24, 2.45) is 5.92 Å². The molecule has 22 heavy (non-hydrogen) atoms. The standard InChI is InChI=1S/C16H21IN2O3/c1-2-22-16(21)12-4-3-9-19(10-12)11-15(20)18-14-7-5-13(17)6-8-14/h5-8,12H,2-4,9-11H2,1H3,(H,18,20)/t12-/m1/s1. The number of hydrogen-bond acceptors (Lipinski definition) is 4. The lowest BCUT2D eigenvalue weighted by atomic mass is 9.98. The maximum absolute atomic E-state index is 12.1. The number of carbonyl (C=O) groups is 2. The van der Waals surface area contributed by atoms with Gasteiger partial charge in [0.15, 0.2) is 0 Å². The molecular weight excluding hydrogens is 395 g/mol. The van der Waals surface area contributed by atoms with Gasteiger partial charge < -0.3 is 10.1 Å². The Bertz CT molecular complexity index is 519. The molecule has 5 nitrogen and oxygen atoms in total. The zero-order valence-electron chi connectivity index (χ0n) is 12.7. The highest BCUT2D eigenvalue weighted by molar-refractivity contribution is 14.1. The van der Waals surface area contributed by atoms with E-state index in [2.05, 4.69) is 27.9 Å². The van der Waals surface area contributed by atoms with Crippen molar-refractivity contribution < 1.29 is 14.3 Å². The van der Waals surface area contributed by atoms with Crippen LogP contribution < -0.4 is 5.32 Å². The molecule has 1 heterocycles. The molecule has 1 N–H and O–H groups in total. The van der Waals surface area contributed by atoms with E-state index in [0.717, 1.165) is 28.6 Å². The third kappa shape index (κ3) is 5.24. The number of benzene rings is 1. The van der Waals surface area contributed by atoms with Crippen LogP contribution in [0.4, 0.5) is 5.69 Å². The van der Waals surface area contributed by atoms with Crippen LogP contribution in [0.3, 0.4) is 0 Å². The molecule has 0 aliphatic carbocycles. The Morgan fingerprint density at radius 3 is 2.77 bits per heavy atom. The van der Waals surface area contributed by atoms with Crippen molar-refractivity contribution in [2.75, 3.05) is 31.6 Å². The maximum Gasteiger partial charge on any atom is 0.310 e. The summed E-state index contributed by atoms with van der Waals surface area (Å²) in [5, 5.41) is 2.89. The molecular formula is C16H21IN2O3. The maximum atomic E-state index is 12.1. The summed E-state index contributed by atoms with van der Waals surface area (Å²) in [6.07, 6.45) is 1.76. The van der Waals surface area contributed by atoms with Crippen LogP contribution in [0.15, 0.2) is 24.3 Å². The van der Waals surface area contributed by atoms with Gasteiger partial charge in [-0.05, 0) is 73.2 Å². The van der Waals surface area contributed by atoms with Crippen molar-refractivity contribution in [3.63, 3.8) is 0 Å². The highest BCUT2D eigenvalue weighted by Gasteiger charge is 2.27. The molecule has 1 aliphatic rings. The van der Waals surface area contributed by atoms with Gasteiger partial charge in [0, 0.05) is 15.8 Å². The van der Waals surface area contributed by atoms with E-state index in [0.29, 0.717) is 19.7 Å². The van der Waals surface area contributed by atoms with E-state index in [1.54, 1.807) is 0 Å². The molecule has 1 aromatic carbocycles. The van der Waals surface area contributed by atoms with Crippen molar-refractivity contribution in [3.05, 3.63) is 27.8 Å². The van der Waals surface area contributed by atoms with Crippen LogP contribution in [0.5, 0.6) is 0 Å². The van der Waals surface area contributed by atoms with Crippen molar-refractivity contribution in [3.8, 4) is 0 Å². The number of rotatable bonds is 5. The third-order valence-electron chi connectivity index (χ3n) is 3.62. The second-order valence-electron chi connectivity index (χ2n) is 5.38. The SMILES string of the molecule is CCOC(=O)[C@@H]1CCCN(CC(=O)Nc2ccc(I)cc2)C1. The summed E-state index contributed by atoms with van der Waals surface area (Å²) in [6, 6.07) is 7.68. The van der Waals surface area contributed by atoms with Gasteiger partial charge in [0.25, 0.3) is 0 Å². The number of amides is 1. The van der Waals surface area contributed by atoms with E-state index in [-0.39, 0.29) is 17.8 Å². The molecule has 1 atom stereocenters. The van der Waals surface area contributed by atoms with Crippen molar-refractivity contribution in [2.45, 2.75) is 19.8 Å². The minimum atomic E-state index is -0.148. The van der Waals surface area contributed by atoms with Gasteiger partial charge in [-0.25, -0.2) is 0 Å². The molecule has 1 amide bonds. The fourth-order valence-corrected chi connectivity index (χ4v) is 2.95. The summed E-state index contributed by atoms with van der Waals surface area (Å²) in [4.78, 5) is 25.9. The predicted octanol–water partition coefficient (Wildman–Crippen LogP) is 2.50. The molecule has 1 saturated heterocycles. The number of piperidine rings is 1. The Labute approximate surface area is 144 Å². The Morgan fingerprint density at radius 1 is 1.36 bits per heavy atom. The van der Waals surface area contributed by atoms with Gasteiger partial charge >= 0.3 is 5.97 Å². The van der Waals surface area contributed by atoms with Gasteiger partial charge in [0.2, 0.25) is 5.91 Å². The minimum absolute atomic E-state index is 0.0503. The lowest BCUT2D eigenvalue weighted by Crippen LogP contribution is -2.43. The minimum Gasteiger partial charge on any atom is -0.466 e. The molecule has 120 valence electrons. The molecule has 1 fully saturated rings. The molecule has 2 rings (SSSR count). The number of carbonyl (C=O) groups excluding carboxylic acids is 2. The Balaban J connectivity index is 1.83. The van der Waals surface area contributed by atoms with E-state index in [9.17, 15) is 9.59 Å². The first-order valence-electron chi connectivity index (χ1n) is 7.53. The second kappa shape index (κ2) is 8.47. The molecule has 0 bridgehead atoms. The number of halogens is 1. The van der Waals surface area contributed by atoms with E-state index in [1.165, 1.54) is 0 Å². The summed E-state index contributed by atoms with van der Waals surface area (Å²) < 4.78 is 6.20. The summed E-state index contributed by atoms with van der Waals surface area (Å²) in [5.41, 5.74) is 0.796. The first kappa shape index (κ1) is 17.2. The molecule has 0 spiro atoms. The Kier molecular flexibility index (Phi) is 6.63. The van der Waals surface area contributed by atoms with Gasteiger partial charge in [0.1, 0.15) is 0 Å². The number of esters is 1. The molecule has 1 aromatic rings. The molecule has 0 radical (unpaired) electrons. The summed E-state index contributed by atoms with van der Waals surface area (Å²) in [7, 11) is 0. The third-order valence-corrected chi connectivity index (χ3v) is 4.34. The monoisotopic (exact) mass is 416 g/mol. The van der Waals surface area contributed by atoms with Crippen LogP contribution in [0.1, 0.15) is 19.8 Å². The summed E-state index contributed by atoms with van der Waals surface area (Å²) in [5.74, 6) is -0.309. The van der Waals surface area contributed by atoms with E-state index >= 15 is 0 Å². The number of hydrogen-bond donors (Lipinski definition) is 1. The van der Waals surface area contributed by atoms with Crippen LogP contribution in [0.25, 0.3) is 0 Å². The smallest absolute Gasteiger partial charge is 0.310 e. The zero-order chi connectivity index (χ0) is 15.9. The number of ether oxygens (including phenoxy) is 1. The van der Waals surface area contributed by atoms with Gasteiger partial charge in [0.05, 0.1) is 19.1 Å². The summed E-state index contributed by atoms with van der Waals surface area (Å²) in [6.45, 7) is 3.96. The first-order chi connectivity index (χ1) is 10.6. The number of nitrogens with zero attached hydrogens (tertiary/aromatic N) is 1. The zero-order valence-corrected chi connectivity index (χ0v) is 14.8. The van der Waals surface area contributed by atoms with Gasteiger partial charge in [-0.1, -0.05) is 0 Å². The second-order valence-corrected chi connectivity index (χ2v) is 6.63. The lowest BCUT2D eigenvalue weighted by molar-refractivity contribution is -0.150. The van der Waals surface area contributed by atoms with Crippen molar-refractivity contribution in [1.82, 2.24) is 4.90 Å². The van der Waals surface area contributed by atoms with E-state index in [1.807, 2.05) is 36.1 Å². The van der Waals surface area contributed by atoms with Crippen LogP contribution in [-0.4, -0.2) is 43.0 Å². The van der Waals surface area contributed by atoms with Crippen molar-refractivity contribution in [1.29, 1.82) is 0 Å². The highest BCUT2D eigenvalue weighted by atomic mass is 127. The lowest BCUT2D eigenvalue weighted by Gasteiger charge is -2.30. The van der Waals surface area contributed by atoms with Crippen LogP contribution in [0, 0.1) is 9.49 Å². The fraction of sp³-hybridized carbons (Fsp3) is 0.500. The molecule has 1 aliphatic heterocycles. The average Bonchev–Trinajstić information content (AvgIpc) is 2.50. The Hall–Kier alpha value is -1.15. The van der Waals surface area contributed by atoms with E-state index < -0.39 is 0 Å². The molecule has 0 unspecified atom stereocenters.